The van der Waals surface area contributed by atoms with Gasteiger partial charge in [0.1, 0.15) is 11.3 Å². The van der Waals surface area contributed by atoms with Crippen molar-refractivity contribution in [1.82, 2.24) is 28.9 Å². The number of aromatic nitrogens is 4. The Morgan fingerprint density at radius 2 is 1.18 bits per heavy atom. The Morgan fingerprint density at radius 1 is 0.667 bits per heavy atom. The second kappa shape index (κ2) is 18.9. The van der Waals surface area contributed by atoms with E-state index in [0.717, 1.165) is 106 Å². The van der Waals surface area contributed by atoms with Crippen molar-refractivity contribution in [2.45, 2.75) is 63.7 Å². The topological polar surface area (TPSA) is 139 Å². The molecule has 0 radical (unpaired) electrons. The van der Waals surface area contributed by atoms with Gasteiger partial charge in [0.25, 0.3) is 0 Å². The number of rotatable bonds is 13. The lowest BCUT2D eigenvalue weighted by molar-refractivity contribution is 0.0686. The molecule has 2 saturated heterocycles. The fraction of sp³-hybridized carbons (Fsp3) is 0.333. The van der Waals surface area contributed by atoms with E-state index in [2.05, 4.69) is 53.4 Å². The highest BCUT2D eigenvalue weighted by atomic mass is 16.5. The molecule has 0 spiro atoms. The van der Waals surface area contributed by atoms with Crippen molar-refractivity contribution < 1.29 is 29.0 Å². The molecule has 7 heterocycles. The maximum absolute atomic E-state index is 11.2. The Hall–Kier alpha value is -6.08. The minimum atomic E-state index is -0.874. The molecule has 5 aromatic heterocycles. The molecule has 0 bridgehead atoms. The number of hydrogen-bond acceptors (Lipinski definition) is 8. The van der Waals surface area contributed by atoms with E-state index in [1.54, 1.807) is 43.9 Å². The Kier molecular flexibility index (Phi) is 12.8. The Morgan fingerprint density at radius 3 is 1.67 bits per heavy atom. The zero-order valence-electron chi connectivity index (χ0n) is 34.0. The molecular formula is C48H52N6O6. The number of ether oxygens (including phenoxy) is 1. The van der Waals surface area contributed by atoms with E-state index in [-0.39, 0.29) is 0 Å². The summed E-state index contributed by atoms with van der Waals surface area (Å²) in [5.41, 5.74) is 8.77. The van der Waals surface area contributed by atoms with Crippen LogP contribution in [0.15, 0.2) is 121 Å². The average Bonchev–Trinajstić information content (AvgIpc) is 4.02. The van der Waals surface area contributed by atoms with Crippen LogP contribution in [0.25, 0.3) is 22.1 Å². The number of carbonyl (C=O) groups is 2. The maximum Gasteiger partial charge on any atom is 0.335 e. The molecule has 12 nitrogen and oxygen atoms in total. The first-order chi connectivity index (χ1) is 29.3. The van der Waals surface area contributed by atoms with Gasteiger partial charge in [-0.05, 0) is 141 Å². The maximum atomic E-state index is 11.2. The zero-order chi connectivity index (χ0) is 41.4. The van der Waals surface area contributed by atoms with Crippen molar-refractivity contribution in [3.05, 3.63) is 155 Å². The summed E-state index contributed by atoms with van der Waals surface area (Å²) in [4.78, 5) is 36.5. The molecule has 2 aliphatic rings. The largest absolute Gasteiger partial charge is 0.478 e. The van der Waals surface area contributed by atoms with Gasteiger partial charge >= 0.3 is 11.9 Å². The monoisotopic (exact) mass is 808 g/mol. The van der Waals surface area contributed by atoms with Crippen molar-refractivity contribution in [2.75, 3.05) is 39.9 Å². The van der Waals surface area contributed by atoms with E-state index >= 15 is 0 Å². The summed E-state index contributed by atoms with van der Waals surface area (Å²) >= 11 is 0. The number of likely N-dealkylation sites (tertiary alicyclic amines) is 2. The lowest BCUT2D eigenvalue weighted by Crippen LogP contribution is -2.32. The summed E-state index contributed by atoms with van der Waals surface area (Å²) < 4.78 is 14.9. The molecule has 0 amide bonds. The summed E-state index contributed by atoms with van der Waals surface area (Å²) in [6.45, 7) is 7.83. The summed E-state index contributed by atoms with van der Waals surface area (Å²) in [6.07, 6.45) is 16.1. The molecule has 0 aliphatic carbocycles. The molecule has 2 N–H and O–H groups in total. The highest BCUT2D eigenvalue weighted by Crippen LogP contribution is 2.36. The van der Waals surface area contributed by atoms with Gasteiger partial charge in [0.2, 0.25) is 0 Å². The zero-order valence-corrected chi connectivity index (χ0v) is 34.0. The van der Waals surface area contributed by atoms with Crippen molar-refractivity contribution in [1.29, 1.82) is 0 Å². The van der Waals surface area contributed by atoms with Gasteiger partial charge in [-0.2, -0.15) is 0 Å². The number of carboxylic acid groups (broad SMARTS) is 2. The molecular weight excluding hydrogens is 757 g/mol. The van der Waals surface area contributed by atoms with Gasteiger partial charge in [0.05, 0.1) is 36.8 Å². The number of aromatic carboxylic acids is 2. The minimum absolute atomic E-state index is 0.352. The van der Waals surface area contributed by atoms with Gasteiger partial charge in [-0.15, -0.1) is 0 Å². The van der Waals surface area contributed by atoms with Crippen molar-refractivity contribution in [3.8, 4) is 0 Å². The third kappa shape index (κ3) is 9.52. The third-order valence-corrected chi connectivity index (χ3v) is 12.0. The summed E-state index contributed by atoms with van der Waals surface area (Å²) in [7, 11) is 1.72. The normalized spacial score (nSPS) is 15.6. The SMILES string of the molecule is COCCn1cc(C2CCN(Cc3cccc(C(=O)O)c3)CC2)c2cccnc21.O=C(O)c1cccc(CN2CCC(c3cn(Cc4ccoc4)c4ncccc34)CC2)c1. The van der Waals surface area contributed by atoms with Crippen LogP contribution in [0.4, 0.5) is 0 Å². The van der Waals surface area contributed by atoms with E-state index in [4.69, 9.17) is 9.15 Å². The van der Waals surface area contributed by atoms with Crippen LogP contribution < -0.4 is 0 Å². The first-order valence-electron chi connectivity index (χ1n) is 20.8. The number of furan rings is 1. The van der Waals surface area contributed by atoms with E-state index in [1.165, 1.54) is 21.9 Å². The lowest BCUT2D eigenvalue weighted by Gasteiger charge is -2.32. The van der Waals surface area contributed by atoms with E-state index in [0.29, 0.717) is 29.6 Å². The fourth-order valence-corrected chi connectivity index (χ4v) is 8.94. The smallest absolute Gasteiger partial charge is 0.335 e. The van der Waals surface area contributed by atoms with Crippen LogP contribution >= 0.6 is 0 Å². The van der Waals surface area contributed by atoms with Crippen LogP contribution in [0, 0.1) is 0 Å². The van der Waals surface area contributed by atoms with E-state index < -0.39 is 11.9 Å². The quantitative estimate of drug-likeness (QED) is 0.117. The first kappa shape index (κ1) is 40.7. The number of benzene rings is 2. The molecule has 0 unspecified atom stereocenters. The van der Waals surface area contributed by atoms with Crippen LogP contribution in [0.1, 0.15) is 86.1 Å². The minimum Gasteiger partial charge on any atom is -0.478 e. The van der Waals surface area contributed by atoms with E-state index in [9.17, 15) is 19.8 Å². The van der Waals surface area contributed by atoms with Crippen LogP contribution in [-0.4, -0.2) is 90.9 Å². The van der Waals surface area contributed by atoms with Crippen molar-refractivity contribution in [3.63, 3.8) is 0 Å². The average molecular weight is 809 g/mol. The number of carboxylic acids is 2. The Bertz CT molecular complexity index is 2530. The molecule has 2 aromatic carbocycles. The Balaban J connectivity index is 0.000000167. The van der Waals surface area contributed by atoms with Crippen LogP contribution in [0.2, 0.25) is 0 Å². The van der Waals surface area contributed by atoms with Gasteiger partial charge in [-0.1, -0.05) is 24.3 Å². The molecule has 60 heavy (non-hydrogen) atoms. The van der Waals surface area contributed by atoms with Gasteiger partial charge in [-0.25, -0.2) is 19.6 Å². The number of methoxy groups -OCH3 is 1. The second-order valence-electron chi connectivity index (χ2n) is 16.0. The van der Waals surface area contributed by atoms with Gasteiger partial charge in [-0.3, -0.25) is 9.80 Å². The van der Waals surface area contributed by atoms with Crippen molar-refractivity contribution >= 4 is 34.0 Å². The number of nitrogens with zero attached hydrogens (tertiary/aromatic N) is 6. The molecule has 2 fully saturated rings. The molecule has 0 atom stereocenters. The number of fused-ring (bicyclic) bond motifs is 2. The molecule has 310 valence electrons. The molecule has 2 aliphatic heterocycles. The summed E-state index contributed by atoms with van der Waals surface area (Å²) in [6, 6.07) is 24.9. The number of hydrogen-bond donors (Lipinski definition) is 2. The summed E-state index contributed by atoms with van der Waals surface area (Å²) in [5.74, 6) is -0.726. The fourth-order valence-electron chi connectivity index (χ4n) is 8.94. The molecule has 12 heteroatoms. The number of pyridine rings is 2. The van der Waals surface area contributed by atoms with Gasteiger partial charge in [0.15, 0.2) is 0 Å². The molecule has 7 aromatic rings. The summed E-state index contributed by atoms with van der Waals surface area (Å²) in [5, 5.41) is 20.9. The standard InChI is InChI=1S/C25H25N3O3.C23H27N3O3/c29-25(30)21-4-1-3-18(13-21)14-27-10-6-20(7-11-27)23-16-28(15-19-8-12-31-17-19)24-22(23)5-2-9-26-24;1-29-13-12-26-16-21(20-6-3-9-24-22(20)26)18-7-10-25(11-8-18)15-17-4-2-5-19(14-17)23(27)28/h1-5,8-9,12-13,16-17,20H,6-7,10-11,14-15H2,(H,29,30);2-6,9,14,16,18H,7-8,10-13,15H2,1H3,(H,27,28). The van der Waals surface area contributed by atoms with E-state index in [1.807, 2.05) is 54.9 Å². The lowest BCUT2D eigenvalue weighted by atomic mass is 9.89. The first-order valence-corrected chi connectivity index (χ1v) is 20.8. The highest BCUT2D eigenvalue weighted by molar-refractivity contribution is 5.88. The van der Waals surface area contributed by atoms with Crippen LogP contribution in [-0.2, 0) is 30.9 Å². The third-order valence-electron chi connectivity index (χ3n) is 12.0. The Labute approximate surface area is 349 Å². The second-order valence-corrected chi connectivity index (χ2v) is 16.0. The van der Waals surface area contributed by atoms with Gasteiger partial charge in [0, 0.05) is 67.9 Å². The molecule has 9 rings (SSSR count). The van der Waals surface area contributed by atoms with Crippen LogP contribution in [0.3, 0.4) is 0 Å². The predicted octanol–water partition coefficient (Wildman–Crippen LogP) is 8.52. The van der Waals surface area contributed by atoms with Gasteiger partial charge < -0.3 is 28.5 Å². The predicted molar refractivity (Wildman–Crippen MR) is 230 cm³/mol. The van der Waals surface area contributed by atoms with Crippen molar-refractivity contribution in [2.24, 2.45) is 0 Å². The highest BCUT2D eigenvalue weighted by Gasteiger charge is 2.26. The van der Waals surface area contributed by atoms with Crippen LogP contribution in [0.5, 0.6) is 0 Å². The number of piperidine rings is 2. The molecule has 0 saturated carbocycles.